The van der Waals surface area contributed by atoms with E-state index in [4.69, 9.17) is 10.00 Å². The molecular weight excluding hydrogens is 414 g/mol. The van der Waals surface area contributed by atoms with Gasteiger partial charge in [0.1, 0.15) is 17.6 Å². The summed E-state index contributed by atoms with van der Waals surface area (Å²) in [4.78, 5) is 36.1. The largest absolute Gasteiger partial charge is 0.496 e. The molecule has 0 bridgehead atoms. The number of fused-ring (bicyclic) bond motifs is 3. The summed E-state index contributed by atoms with van der Waals surface area (Å²) >= 11 is 1.17. The van der Waals surface area contributed by atoms with Gasteiger partial charge in [-0.15, -0.1) is 0 Å². The highest BCUT2D eigenvalue weighted by Crippen LogP contribution is 2.33. The average molecular weight is 433 g/mol. The number of benzene rings is 2. The molecule has 156 valence electrons. The number of carbonyl (C=O) groups excluding carboxylic acids is 2. The standard InChI is InChI=1S/C22H19N5O3S/c1-30-18-9-5-2-6-14(18)13-24-19(28)12-17-21(29)27-20(25-17)15-7-3-4-8-16(15)26-22(27)31-11-10-23/h2-9,17H,11-13H2,1H3,(H,24,28)/t17-/m0/s1. The number of amides is 2. The second kappa shape index (κ2) is 9.02. The van der Waals surface area contributed by atoms with Crippen LogP contribution in [0.5, 0.6) is 5.75 Å². The number of nitrogens with zero attached hydrogens (tertiary/aromatic N) is 4. The molecule has 2 aromatic carbocycles. The molecule has 1 N–H and O–H groups in total. The number of aliphatic imine (C=N–C) groups is 2. The van der Waals surface area contributed by atoms with Crippen LogP contribution in [-0.2, 0) is 16.1 Å². The first-order valence-electron chi connectivity index (χ1n) is 9.60. The van der Waals surface area contributed by atoms with Crippen molar-refractivity contribution in [1.29, 1.82) is 5.26 Å². The SMILES string of the molecule is COc1ccccc1CNC(=O)C[C@@H]1N=C2c3ccccc3N=C(SCC#N)N2C1=O. The summed E-state index contributed by atoms with van der Waals surface area (Å²) in [5.41, 5.74) is 2.26. The third-order valence-electron chi connectivity index (χ3n) is 4.86. The normalized spacial score (nSPS) is 16.6. The lowest BCUT2D eigenvalue weighted by atomic mass is 10.1. The maximum atomic E-state index is 13.1. The van der Waals surface area contributed by atoms with E-state index in [-0.39, 0.29) is 30.5 Å². The number of thioether (sulfide) groups is 1. The second-order valence-corrected chi connectivity index (χ2v) is 7.74. The van der Waals surface area contributed by atoms with Crippen molar-refractivity contribution in [3.63, 3.8) is 0 Å². The molecule has 2 aliphatic heterocycles. The molecule has 8 nitrogen and oxygen atoms in total. The zero-order valence-corrected chi connectivity index (χ0v) is 17.6. The molecule has 0 spiro atoms. The highest BCUT2D eigenvalue weighted by atomic mass is 32.2. The van der Waals surface area contributed by atoms with E-state index in [1.807, 2.05) is 54.6 Å². The van der Waals surface area contributed by atoms with E-state index in [9.17, 15) is 9.59 Å². The lowest BCUT2D eigenvalue weighted by Gasteiger charge is -2.25. The van der Waals surface area contributed by atoms with Crippen molar-refractivity contribution in [2.75, 3.05) is 12.9 Å². The first-order valence-corrected chi connectivity index (χ1v) is 10.6. The van der Waals surface area contributed by atoms with Crippen LogP contribution in [0.1, 0.15) is 17.5 Å². The Balaban J connectivity index is 1.50. The molecular formula is C22H19N5O3S. The number of para-hydroxylation sites is 2. The third kappa shape index (κ3) is 4.15. The maximum absolute atomic E-state index is 13.1. The van der Waals surface area contributed by atoms with Gasteiger partial charge in [0.25, 0.3) is 5.91 Å². The van der Waals surface area contributed by atoms with Gasteiger partial charge in [0.2, 0.25) is 5.91 Å². The van der Waals surface area contributed by atoms with Gasteiger partial charge < -0.3 is 10.1 Å². The van der Waals surface area contributed by atoms with E-state index in [0.29, 0.717) is 22.4 Å². The van der Waals surface area contributed by atoms with Gasteiger partial charge in [0.05, 0.1) is 31.0 Å². The monoisotopic (exact) mass is 433 g/mol. The van der Waals surface area contributed by atoms with Crippen LogP contribution in [0.4, 0.5) is 5.69 Å². The molecule has 0 fully saturated rings. The van der Waals surface area contributed by atoms with Crippen molar-refractivity contribution >= 4 is 40.3 Å². The molecule has 0 aliphatic carbocycles. The van der Waals surface area contributed by atoms with E-state index < -0.39 is 6.04 Å². The lowest BCUT2D eigenvalue weighted by molar-refractivity contribution is -0.128. The quantitative estimate of drug-likeness (QED) is 0.754. The smallest absolute Gasteiger partial charge is 0.259 e. The molecule has 0 aromatic heterocycles. The van der Waals surface area contributed by atoms with Crippen LogP contribution in [0.15, 0.2) is 58.5 Å². The first-order chi connectivity index (χ1) is 15.1. The number of rotatable bonds is 6. The number of nitriles is 1. The Morgan fingerprint density at radius 1 is 1.26 bits per heavy atom. The van der Waals surface area contributed by atoms with Crippen molar-refractivity contribution in [2.45, 2.75) is 19.0 Å². The molecule has 4 rings (SSSR count). The zero-order valence-electron chi connectivity index (χ0n) is 16.7. The third-order valence-corrected chi connectivity index (χ3v) is 5.67. The van der Waals surface area contributed by atoms with Gasteiger partial charge >= 0.3 is 0 Å². The van der Waals surface area contributed by atoms with Crippen LogP contribution < -0.4 is 10.1 Å². The average Bonchev–Trinajstić information content (AvgIpc) is 3.12. The predicted molar refractivity (Wildman–Crippen MR) is 118 cm³/mol. The van der Waals surface area contributed by atoms with E-state index in [0.717, 1.165) is 11.1 Å². The van der Waals surface area contributed by atoms with Crippen LogP contribution in [0.2, 0.25) is 0 Å². The van der Waals surface area contributed by atoms with Gasteiger partial charge in [0, 0.05) is 17.7 Å². The second-order valence-electron chi connectivity index (χ2n) is 6.79. The Labute approximate surface area is 183 Å². The highest BCUT2D eigenvalue weighted by molar-refractivity contribution is 8.14. The Morgan fingerprint density at radius 3 is 2.84 bits per heavy atom. The number of methoxy groups -OCH3 is 1. The highest BCUT2D eigenvalue weighted by Gasteiger charge is 2.42. The predicted octanol–water partition coefficient (Wildman–Crippen LogP) is 2.62. The summed E-state index contributed by atoms with van der Waals surface area (Å²) in [6.07, 6.45) is -0.0770. The van der Waals surface area contributed by atoms with Gasteiger partial charge in [-0.2, -0.15) is 5.26 Å². The first kappa shape index (κ1) is 20.6. The Morgan fingerprint density at radius 2 is 2.03 bits per heavy atom. The van der Waals surface area contributed by atoms with Crippen molar-refractivity contribution < 1.29 is 14.3 Å². The van der Waals surface area contributed by atoms with E-state index in [1.165, 1.54) is 16.7 Å². The van der Waals surface area contributed by atoms with E-state index in [1.54, 1.807) is 7.11 Å². The van der Waals surface area contributed by atoms with Crippen LogP contribution in [0.25, 0.3) is 0 Å². The number of ether oxygens (including phenoxy) is 1. The molecule has 2 aromatic rings. The van der Waals surface area contributed by atoms with Crippen LogP contribution >= 0.6 is 11.8 Å². The molecule has 0 saturated heterocycles. The van der Waals surface area contributed by atoms with E-state index in [2.05, 4.69) is 15.3 Å². The van der Waals surface area contributed by atoms with Gasteiger partial charge in [-0.05, 0) is 18.2 Å². The molecule has 2 heterocycles. The fraction of sp³-hybridized carbons (Fsp3) is 0.227. The maximum Gasteiger partial charge on any atom is 0.259 e. The fourth-order valence-corrected chi connectivity index (χ4v) is 4.08. The van der Waals surface area contributed by atoms with Crippen molar-refractivity contribution in [3.05, 3.63) is 59.7 Å². The molecule has 2 aliphatic rings. The van der Waals surface area contributed by atoms with Crippen molar-refractivity contribution in [1.82, 2.24) is 10.2 Å². The minimum absolute atomic E-state index is 0.0770. The summed E-state index contributed by atoms with van der Waals surface area (Å²) in [6.45, 7) is 0.289. The molecule has 0 saturated carbocycles. The minimum Gasteiger partial charge on any atom is -0.496 e. The number of hydrogen-bond acceptors (Lipinski definition) is 7. The van der Waals surface area contributed by atoms with Gasteiger partial charge in [0.15, 0.2) is 5.17 Å². The minimum atomic E-state index is -0.841. The Hall–Kier alpha value is -3.64. The molecule has 0 unspecified atom stereocenters. The number of amidine groups is 2. The summed E-state index contributed by atoms with van der Waals surface area (Å²) in [6, 6.07) is 16.0. The Bertz CT molecular complexity index is 1140. The number of carbonyl (C=O) groups is 2. The lowest BCUT2D eigenvalue weighted by Crippen LogP contribution is -2.42. The fourth-order valence-electron chi connectivity index (χ4n) is 3.42. The van der Waals surface area contributed by atoms with Crippen LogP contribution in [0.3, 0.4) is 0 Å². The van der Waals surface area contributed by atoms with Crippen molar-refractivity contribution in [2.24, 2.45) is 9.98 Å². The van der Waals surface area contributed by atoms with Gasteiger partial charge in [-0.3, -0.25) is 14.6 Å². The number of nitrogens with one attached hydrogen (secondary N) is 1. The zero-order chi connectivity index (χ0) is 21.8. The molecule has 31 heavy (non-hydrogen) atoms. The molecule has 9 heteroatoms. The number of hydrogen-bond donors (Lipinski definition) is 1. The molecule has 0 radical (unpaired) electrons. The molecule has 1 atom stereocenters. The summed E-state index contributed by atoms with van der Waals surface area (Å²) in [5, 5.41) is 12.2. The van der Waals surface area contributed by atoms with Gasteiger partial charge in [-0.25, -0.2) is 9.89 Å². The summed E-state index contributed by atoms with van der Waals surface area (Å²) in [5.74, 6) is 0.705. The van der Waals surface area contributed by atoms with Crippen LogP contribution in [-0.4, -0.2) is 46.6 Å². The topological polar surface area (TPSA) is 107 Å². The van der Waals surface area contributed by atoms with Crippen molar-refractivity contribution in [3.8, 4) is 11.8 Å². The van der Waals surface area contributed by atoms with E-state index >= 15 is 0 Å². The summed E-state index contributed by atoms with van der Waals surface area (Å²) < 4.78 is 5.30. The van der Waals surface area contributed by atoms with Gasteiger partial charge in [-0.1, -0.05) is 42.1 Å². The Kier molecular flexibility index (Phi) is 6.00. The van der Waals surface area contributed by atoms with Crippen LogP contribution in [0, 0.1) is 11.3 Å². The summed E-state index contributed by atoms with van der Waals surface area (Å²) in [7, 11) is 1.57. The molecule has 2 amide bonds.